The quantitative estimate of drug-likeness (QED) is 0.606. The Morgan fingerprint density at radius 1 is 1.39 bits per heavy atom. The summed E-state index contributed by atoms with van der Waals surface area (Å²) in [7, 11) is 0. The molecule has 1 aromatic carbocycles. The van der Waals surface area contributed by atoms with E-state index in [0.29, 0.717) is 16.4 Å². The number of benzene rings is 1. The number of hydrogen-bond acceptors (Lipinski definition) is 2. The fourth-order valence-corrected chi connectivity index (χ4v) is 2.30. The average molecular weight is 242 g/mol. The maximum atomic E-state index is 14.0. The van der Waals surface area contributed by atoms with E-state index in [9.17, 15) is 9.18 Å². The first-order valence-electron chi connectivity index (χ1n) is 5.65. The molecule has 0 bridgehead atoms. The highest BCUT2D eigenvalue weighted by Crippen LogP contribution is 2.29. The first kappa shape index (κ1) is 10.9. The first-order chi connectivity index (χ1) is 8.59. The highest BCUT2D eigenvalue weighted by molar-refractivity contribution is 6.08. The Hall–Kier alpha value is -2.23. The van der Waals surface area contributed by atoms with E-state index in [0.717, 1.165) is 10.9 Å². The molecule has 90 valence electrons. The van der Waals surface area contributed by atoms with Crippen molar-refractivity contribution >= 4 is 27.7 Å². The van der Waals surface area contributed by atoms with Crippen molar-refractivity contribution in [3.63, 3.8) is 0 Å². The van der Waals surface area contributed by atoms with Crippen molar-refractivity contribution in [1.82, 2.24) is 9.55 Å². The molecule has 0 amide bonds. The molecule has 0 N–H and O–H groups in total. The normalized spacial score (nSPS) is 11.3. The Labute approximate surface area is 103 Å². The standard InChI is InChI=1S/C14H11FN2O/c1-8-7-17(9(2)18)14-10(8)6-16-12-5-3-4-11(15)13(12)14/h3-7H,1-2H3. The van der Waals surface area contributed by atoms with Crippen LogP contribution in [0.1, 0.15) is 17.3 Å². The number of hydrogen-bond donors (Lipinski definition) is 0. The molecule has 0 fully saturated rings. The molecule has 0 radical (unpaired) electrons. The SMILES string of the molecule is CC(=O)n1cc(C)c2cnc3cccc(F)c3c21. The lowest BCUT2D eigenvalue weighted by Gasteiger charge is -2.04. The van der Waals surface area contributed by atoms with Crippen LogP contribution in [0.2, 0.25) is 0 Å². The maximum Gasteiger partial charge on any atom is 0.227 e. The van der Waals surface area contributed by atoms with Gasteiger partial charge < -0.3 is 0 Å². The summed E-state index contributed by atoms with van der Waals surface area (Å²) < 4.78 is 15.5. The molecule has 3 aromatic rings. The number of rotatable bonds is 0. The summed E-state index contributed by atoms with van der Waals surface area (Å²) >= 11 is 0. The minimum Gasteiger partial charge on any atom is -0.286 e. The van der Waals surface area contributed by atoms with Crippen LogP contribution in [0.4, 0.5) is 4.39 Å². The van der Waals surface area contributed by atoms with Crippen LogP contribution in [-0.4, -0.2) is 15.5 Å². The number of halogens is 1. The van der Waals surface area contributed by atoms with Gasteiger partial charge in [-0.15, -0.1) is 0 Å². The third kappa shape index (κ3) is 1.35. The third-order valence-electron chi connectivity index (χ3n) is 3.14. The van der Waals surface area contributed by atoms with Crippen molar-refractivity contribution in [2.75, 3.05) is 0 Å². The van der Waals surface area contributed by atoms with Crippen LogP contribution < -0.4 is 0 Å². The Bertz CT molecular complexity index is 789. The molecule has 0 saturated heterocycles. The van der Waals surface area contributed by atoms with Gasteiger partial charge in [-0.2, -0.15) is 0 Å². The van der Waals surface area contributed by atoms with E-state index in [1.165, 1.54) is 17.6 Å². The van der Waals surface area contributed by atoms with E-state index < -0.39 is 0 Å². The number of aryl methyl sites for hydroxylation is 1. The second-order valence-corrected chi connectivity index (χ2v) is 4.36. The summed E-state index contributed by atoms with van der Waals surface area (Å²) in [4.78, 5) is 15.9. The van der Waals surface area contributed by atoms with Gasteiger partial charge in [0.15, 0.2) is 0 Å². The molecule has 2 heterocycles. The van der Waals surface area contributed by atoms with Gasteiger partial charge in [0.1, 0.15) is 5.82 Å². The number of fused-ring (bicyclic) bond motifs is 3. The van der Waals surface area contributed by atoms with Crippen molar-refractivity contribution in [3.8, 4) is 0 Å². The van der Waals surface area contributed by atoms with Gasteiger partial charge in [0, 0.05) is 24.7 Å². The zero-order valence-electron chi connectivity index (χ0n) is 10.1. The van der Waals surface area contributed by atoms with Crippen molar-refractivity contribution in [1.29, 1.82) is 0 Å². The van der Waals surface area contributed by atoms with Crippen LogP contribution in [-0.2, 0) is 0 Å². The predicted octanol–water partition coefficient (Wildman–Crippen LogP) is 3.30. The van der Waals surface area contributed by atoms with E-state index in [1.54, 1.807) is 24.5 Å². The molecule has 3 rings (SSSR count). The zero-order valence-corrected chi connectivity index (χ0v) is 10.1. The molecule has 0 saturated carbocycles. The minimum atomic E-state index is -0.355. The van der Waals surface area contributed by atoms with Crippen LogP contribution in [0.3, 0.4) is 0 Å². The van der Waals surface area contributed by atoms with Gasteiger partial charge in [0.25, 0.3) is 0 Å². The van der Waals surface area contributed by atoms with E-state index in [-0.39, 0.29) is 11.7 Å². The van der Waals surface area contributed by atoms with Crippen molar-refractivity contribution in [2.24, 2.45) is 0 Å². The van der Waals surface area contributed by atoms with Crippen molar-refractivity contribution in [3.05, 3.63) is 42.0 Å². The van der Waals surface area contributed by atoms with Gasteiger partial charge in [-0.1, -0.05) is 6.07 Å². The second kappa shape index (κ2) is 3.63. The predicted molar refractivity (Wildman–Crippen MR) is 68.2 cm³/mol. The van der Waals surface area contributed by atoms with Gasteiger partial charge in [-0.25, -0.2) is 4.39 Å². The van der Waals surface area contributed by atoms with E-state index in [4.69, 9.17) is 0 Å². The number of carbonyl (C=O) groups excluding carboxylic acids is 1. The smallest absolute Gasteiger partial charge is 0.227 e. The Kier molecular flexibility index (Phi) is 2.20. The molecule has 0 spiro atoms. The molecule has 0 aliphatic rings. The van der Waals surface area contributed by atoms with Gasteiger partial charge in [-0.3, -0.25) is 14.3 Å². The number of pyridine rings is 1. The van der Waals surface area contributed by atoms with Gasteiger partial charge in [-0.05, 0) is 24.6 Å². The highest BCUT2D eigenvalue weighted by Gasteiger charge is 2.14. The third-order valence-corrected chi connectivity index (χ3v) is 3.14. The molecule has 0 atom stereocenters. The molecule has 4 heteroatoms. The molecule has 0 aliphatic heterocycles. The molecule has 0 aliphatic carbocycles. The van der Waals surface area contributed by atoms with Crippen molar-refractivity contribution in [2.45, 2.75) is 13.8 Å². The lowest BCUT2D eigenvalue weighted by atomic mass is 10.1. The largest absolute Gasteiger partial charge is 0.286 e. The number of nitrogens with zero attached hydrogens (tertiary/aromatic N) is 2. The molecule has 3 nitrogen and oxygen atoms in total. The van der Waals surface area contributed by atoms with Crippen LogP contribution in [0.25, 0.3) is 21.8 Å². The van der Waals surface area contributed by atoms with Crippen LogP contribution in [0.15, 0.2) is 30.6 Å². The molecule has 0 unspecified atom stereocenters. The summed E-state index contributed by atoms with van der Waals surface area (Å²) in [5, 5.41) is 1.21. The second-order valence-electron chi connectivity index (χ2n) is 4.36. The Balaban J connectivity index is 2.64. The van der Waals surface area contributed by atoms with E-state index in [2.05, 4.69) is 4.98 Å². The minimum absolute atomic E-state index is 0.135. The lowest BCUT2D eigenvalue weighted by molar-refractivity contribution is 0.0941. The van der Waals surface area contributed by atoms with Gasteiger partial charge in [0.2, 0.25) is 5.91 Å². The van der Waals surface area contributed by atoms with E-state index in [1.807, 2.05) is 6.92 Å². The highest BCUT2D eigenvalue weighted by atomic mass is 19.1. The summed E-state index contributed by atoms with van der Waals surface area (Å²) in [6.45, 7) is 3.35. The summed E-state index contributed by atoms with van der Waals surface area (Å²) in [5.41, 5.74) is 2.07. The Morgan fingerprint density at radius 2 is 2.17 bits per heavy atom. The van der Waals surface area contributed by atoms with Crippen molar-refractivity contribution < 1.29 is 9.18 Å². The molecule has 18 heavy (non-hydrogen) atoms. The average Bonchev–Trinajstić information content (AvgIpc) is 2.67. The summed E-state index contributed by atoms with van der Waals surface area (Å²) in [6.07, 6.45) is 3.41. The fourth-order valence-electron chi connectivity index (χ4n) is 2.30. The monoisotopic (exact) mass is 242 g/mol. The van der Waals surface area contributed by atoms with Crippen LogP contribution in [0.5, 0.6) is 0 Å². The van der Waals surface area contributed by atoms with Gasteiger partial charge in [0.05, 0.1) is 16.4 Å². The summed E-state index contributed by atoms with van der Waals surface area (Å²) in [6, 6.07) is 4.74. The molecule has 2 aromatic heterocycles. The Morgan fingerprint density at radius 3 is 2.89 bits per heavy atom. The fraction of sp³-hybridized carbons (Fsp3) is 0.143. The topological polar surface area (TPSA) is 34.9 Å². The summed E-state index contributed by atoms with van der Waals surface area (Å²) in [5.74, 6) is -0.491. The lowest BCUT2D eigenvalue weighted by Crippen LogP contribution is -2.04. The van der Waals surface area contributed by atoms with Crippen LogP contribution >= 0.6 is 0 Å². The molecular weight excluding hydrogens is 231 g/mol. The van der Waals surface area contributed by atoms with E-state index >= 15 is 0 Å². The number of aromatic nitrogens is 2. The maximum absolute atomic E-state index is 14.0. The first-order valence-corrected chi connectivity index (χ1v) is 5.65. The van der Waals surface area contributed by atoms with Gasteiger partial charge >= 0.3 is 0 Å². The molecular formula is C14H11FN2O. The zero-order chi connectivity index (χ0) is 12.9. The van der Waals surface area contributed by atoms with Crippen LogP contribution in [0, 0.1) is 12.7 Å². The number of carbonyl (C=O) groups is 1.